The van der Waals surface area contributed by atoms with E-state index >= 15 is 0 Å². The lowest BCUT2D eigenvalue weighted by molar-refractivity contribution is 0.407. The van der Waals surface area contributed by atoms with Crippen LogP contribution < -0.4 is 10.5 Å². The highest BCUT2D eigenvalue weighted by atomic mass is 32.1. The van der Waals surface area contributed by atoms with Gasteiger partial charge >= 0.3 is 0 Å². The summed E-state index contributed by atoms with van der Waals surface area (Å²) in [6.45, 7) is 6.12. The van der Waals surface area contributed by atoms with Crippen molar-refractivity contribution < 1.29 is 4.74 Å². The molecule has 1 atom stereocenters. The second-order valence-electron chi connectivity index (χ2n) is 4.48. The van der Waals surface area contributed by atoms with Gasteiger partial charge < -0.3 is 10.5 Å². The molecule has 0 aliphatic rings. The Morgan fingerprint density at radius 3 is 2.56 bits per heavy atom. The third-order valence-electron chi connectivity index (χ3n) is 3.09. The van der Waals surface area contributed by atoms with Gasteiger partial charge in [0.1, 0.15) is 5.75 Å². The molecule has 3 nitrogen and oxygen atoms in total. The Kier molecular flexibility index (Phi) is 3.68. The number of methoxy groups -OCH3 is 1. The molecule has 0 aliphatic heterocycles. The molecular formula is C14H18N2OS. The molecular weight excluding hydrogens is 244 g/mol. The molecule has 0 aliphatic carbocycles. The van der Waals surface area contributed by atoms with E-state index in [1.54, 1.807) is 18.4 Å². The first-order valence-corrected chi connectivity index (χ1v) is 6.73. The van der Waals surface area contributed by atoms with E-state index in [1.807, 2.05) is 18.5 Å². The number of hydrogen-bond donors (Lipinski definition) is 1. The lowest BCUT2D eigenvalue weighted by atomic mass is 9.97. The summed E-state index contributed by atoms with van der Waals surface area (Å²) in [5.41, 5.74) is 12.6. The molecule has 2 rings (SSSR count). The lowest BCUT2D eigenvalue weighted by Crippen LogP contribution is -2.14. The fourth-order valence-electron chi connectivity index (χ4n) is 2.25. The minimum absolute atomic E-state index is 0.173. The maximum absolute atomic E-state index is 6.38. The van der Waals surface area contributed by atoms with Crippen LogP contribution in [0, 0.1) is 20.8 Å². The van der Waals surface area contributed by atoms with Gasteiger partial charge in [-0.1, -0.05) is 6.07 Å². The van der Waals surface area contributed by atoms with Crippen LogP contribution >= 0.6 is 11.3 Å². The minimum Gasteiger partial charge on any atom is -0.496 e. The second-order valence-corrected chi connectivity index (χ2v) is 5.36. The Hall–Kier alpha value is -1.39. The van der Waals surface area contributed by atoms with Crippen molar-refractivity contribution >= 4 is 11.3 Å². The van der Waals surface area contributed by atoms with Crippen molar-refractivity contribution in [2.45, 2.75) is 26.8 Å². The summed E-state index contributed by atoms with van der Waals surface area (Å²) < 4.78 is 5.47. The third-order valence-corrected chi connectivity index (χ3v) is 4.10. The summed E-state index contributed by atoms with van der Waals surface area (Å²) in [7, 11) is 1.68. The summed E-state index contributed by atoms with van der Waals surface area (Å²) >= 11 is 1.59. The Bertz CT molecular complexity index is 563. The number of thiazole rings is 1. The first kappa shape index (κ1) is 13.1. The number of nitrogens with two attached hydrogens (primary N) is 1. The molecule has 1 aromatic heterocycles. The predicted octanol–water partition coefficient (Wildman–Crippen LogP) is 3.13. The van der Waals surface area contributed by atoms with E-state index in [1.165, 1.54) is 5.56 Å². The first-order chi connectivity index (χ1) is 8.54. The van der Waals surface area contributed by atoms with Crippen LogP contribution in [0.25, 0.3) is 0 Å². The lowest BCUT2D eigenvalue weighted by Gasteiger charge is -2.18. The van der Waals surface area contributed by atoms with E-state index in [-0.39, 0.29) is 6.04 Å². The van der Waals surface area contributed by atoms with E-state index in [9.17, 15) is 0 Å². The molecule has 96 valence electrons. The van der Waals surface area contributed by atoms with Crippen molar-refractivity contribution in [3.05, 3.63) is 44.9 Å². The maximum atomic E-state index is 6.38. The van der Waals surface area contributed by atoms with Gasteiger partial charge in [0.2, 0.25) is 0 Å². The maximum Gasteiger partial charge on any atom is 0.124 e. The Morgan fingerprint density at radius 1 is 1.28 bits per heavy atom. The summed E-state index contributed by atoms with van der Waals surface area (Å²) in [5.74, 6) is 0.854. The van der Waals surface area contributed by atoms with E-state index in [0.717, 1.165) is 27.4 Å². The summed E-state index contributed by atoms with van der Waals surface area (Å²) in [6, 6.07) is 3.99. The number of benzene rings is 1. The van der Waals surface area contributed by atoms with Gasteiger partial charge in [-0.25, -0.2) is 4.98 Å². The fourth-order valence-corrected chi connectivity index (χ4v) is 3.06. The number of ether oxygens (including phenoxy) is 1. The molecule has 4 heteroatoms. The summed E-state index contributed by atoms with van der Waals surface area (Å²) in [5, 5.41) is 0. The van der Waals surface area contributed by atoms with Gasteiger partial charge in [-0.05, 0) is 38.0 Å². The van der Waals surface area contributed by atoms with Gasteiger partial charge in [0.05, 0.1) is 24.4 Å². The highest BCUT2D eigenvalue weighted by molar-refractivity contribution is 7.09. The molecule has 1 heterocycles. The van der Waals surface area contributed by atoms with Crippen molar-refractivity contribution in [3.8, 4) is 5.75 Å². The van der Waals surface area contributed by atoms with E-state index in [4.69, 9.17) is 10.5 Å². The summed E-state index contributed by atoms with van der Waals surface area (Å²) in [6.07, 6.45) is 0. The molecule has 18 heavy (non-hydrogen) atoms. The van der Waals surface area contributed by atoms with Crippen LogP contribution in [-0.4, -0.2) is 12.1 Å². The van der Waals surface area contributed by atoms with E-state index in [0.29, 0.717) is 0 Å². The van der Waals surface area contributed by atoms with Gasteiger partial charge in [-0.2, -0.15) is 0 Å². The minimum atomic E-state index is -0.173. The van der Waals surface area contributed by atoms with Crippen LogP contribution in [0.15, 0.2) is 17.6 Å². The predicted molar refractivity (Wildman–Crippen MR) is 75.3 cm³/mol. The molecule has 0 saturated heterocycles. The van der Waals surface area contributed by atoms with Crippen molar-refractivity contribution in [1.82, 2.24) is 4.98 Å². The molecule has 0 fully saturated rings. The van der Waals surface area contributed by atoms with Crippen molar-refractivity contribution in [2.75, 3.05) is 7.11 Å². The molecule has 0 radical (unpaired) electrons. The Labute approximate surface area is 112 Å². The van der Waals surface area contributed by atoms with E-state index < -0.39 is 0 Å². The van der Waals surface area contributed by atoms with Crippen molar-refractivity contribution in [3.63, 3.8) is 0 Å². The molecule has 0 amide bonds. The van der Waals surface area contributed by atoms with Gasteiger partial charge in [0.25, 0.3) is 0 Å². The molecule has 2 aromatic rings. The number of hydrogen-bond acceptors (Lipinski definition) is 4. The topological polar surface area (TPSA) is 48.1 Å². The van der Waals surface area contributed by atoms with Crippen molar-refractivity contribution in [1.29, 1.82) is 0 Å². The van der Waals surface area contributed by atoms with Gasteiger partial charge in [-0.15, -0.1) is 11.3 Å². The monoisotopic (exact) mass is 262 g/mol. The van der Waals surface area contributed by atoms with Crippen LogP contribution in [-0.2, 0) is 0 Å². The molecule has 1 aromatic carbocycles. The quantitative estimate of drug-likeness (QED) is 0.924. The summed E-state index contributed by atoms with van der Waals surface area (Å²) in [4.78, 5) is 5.36. The number of nitrogens with zero attached hydrogens (tertiary/aromatic N) is 1. The van der Waals surface area contributed by atoms with Gasteiger partial charge in [0.15, 0.2) is 0 Å². The number of rotatable bonds is 3. The van der Waals surface area contributed by atoms with Crippen molar-refractivity contribution in [2.24, 2.45) is 5.73 Å². The highest BCUT2D eigenvalue weighted by Gasteiger charge is 2.20. The normalized spacial score (nSPS) is 12.5. The van der Waals surface area contributed by atoms with Crippen LogP contribution in [0.2, 0.25) is 0 Å². The molecule has 1 unspecified atom stereocenters. The zero-order chi connectivity index (χ0) is 13.3. The van der Waals surface area contributed by atoms with Crippen LogP contribution in [0.4, 0.5) is 0 Å². The van der Waals surface area contributed by atoms with Crippen LogP contribution in [0.1, 0.15) is 33.3 Å². The third kappa shape index (κ3) is 2.26. The largest absolute Gasteiger partial charge is 0.496 e. The fraction of sp³-hybridized carbons (Fsp3) is 0.357. The first-order valence-electron chi connectivity index (χ1n) is 5.85. The molecule has 0 saturated carbocycles. The zero-order valence-electron chi connectivity index (χ0n) is 11.2. The smallest absolute Gasteiger partial charge is 0.124 e. The zero-order valence-corrected chi connectivity index (χ0v) is 12.0. The average molecular weight is 262 g/mol. The number of aromatic nitrogens is 1. The average Bonchev–Trinajstić information content (AvgIpc) is 2.73. The SMILES string of the molecule is COc1cc(C)cc(C)c1C(N)c1scnc1C. The second kappa shape index (κ2) is 5.08. The molecule has 0 spiro atoms. The standard InChI is InChI=1S/C14H18N2OS/c1-8-5-9(2)12(11(6-8)17-4)13(15)14-10(3)16-7-18-14/h5-7,13H,15H2,1-4H3. The van der Waals surface area contributed by atoms with Crippen LogP contribution in [0.5, 0.6) is 5.75 Å². The number of aryl methyl sites for hydroxylation is 3. The highest BCUT2D eigenvalue weighted by Crippen LogP contribution is 2.34. The van der Waals surface area contributed by atoms with Crippen LogP contribution in [0.3, 0.4) is 0 Å². The van der Waals surface area contributed by atoms with Gasteiger partial charge in [0, 0.05) is 10.4 Å². The van der Waals surface area contributed by atoms with Gasteiger partial charge in [-0.3, -0.25) is 0 Å². The molecule has 2 N–H and O–H groups in total. The Morgan fingerprint density at radius 2 is 2.00 bits per heavy atom. The molecule has 0 bridgehead atoms. The van der Waals surface area contributed by atoms with E-state index in [2.05, 4.69) is 24.9 Å². The Balaban J connectivity index is 2.54.